The van der Waals surface area contributed by atoms with Gasteiger partial charge in [0.05, 0.1) is 13.2 Å². The van der Waals surface area contributed by atoms with Gasteiger partial charge in [0.25, 0.3) is 0 Å². The smallest absolute Gasteiger partial charge is 0.239 e. The van der Waals surface area contributed by atoms with Crippen LogP contribution in [-0.4, -0.2) is 73.7 Å². The van der Waals surface area contributed by atoms with Crippen molar-refractivity contribution in [1.29, 1.82) is 0 Å². The fourth-order valence-corrected chi connectivity index (χ4v) is 6.61. The van der Waals surface area contributed by atoms with Crippen LogP contribution in [0.25, 0.3) is 0 Å². The van der Waals surface area contributed by atoms with E-state index in [2.05, 4.69) is 0 Å². The van der Waals surface area contributed by atoms with Gasteiger partial charge in [0.15, 0.2) is 11.6 Å². The summed E-state index contributed by atoms with van der Waals surface area (Å²) < 4.78 is 72.5. The van der Waals surface area contributed by atoms with Crippen molar-refractivity contribution in [3.63, 3.8) is 0 Å². The third-order valence-electron chi connectivity index (χ3n) is 6.88. The van der Waals surface area contributed by atoms with Gasteiger partial charge in [0, 0.05) is 37.3 Å². The van der Waals surface area contributed by atoms with Gasteiger partial charge >= 0.3 is 0 Å². The number of ether oxygens (including phenoxy) is 1. The summed E-state index contributed by atoms with van der Waals surface area (Å²) in [6.07, 6.45) is 2.73. The second-order valence-electron chi connectivity index (χ2n) is 8.91. The fraction of sp³-hybridized carbons (Fsp3) is 0.667. The Morgan fingerprint density at radius 1 is 1.06 bits per heavy atom. The molecule has 2 N–H and O–H groups in total. The highest BCUT2D eigenvalue weighted by Gasteiger charge is 2.45. The van der Waals surface area contributed by atoms with Crippen LogP contribution in [0.15, 0.2) is 12.1 Å². The molecule has 178 valence electrons. The molecule has 3 saturated heterocycles. The zero-order chi connectivity index (χ0) is 23.0. The molecule has 4 rings (SSSR count). The molecule has 11 heteroatoms. The summed E-state index contributed by atoms with van der Waals surface area (Å²) in [5, 5.41) is 0. The predicted molar refractivity (Wildman–Crippen MR) is 111 cm³/mol. The van der Waals surface area contributed by atoms with Gasteiger partial charge in [-0.3, -0.25) is 4.79 Å². The second-order valence-corrected chi connectivity index (χ2v) is 10.9. The van der Waals surface area contributed by atoms with Gasteiger partial charge in [0.1, 0.15) is 11.6 Å². The van der Waals surface area contributed by atoms with Gasteiger partial charge in [-0.2, -0.15) is 4.31 Å². The topological polar surface area (TPSA) is 92.9 Å². The maximum Gasteiger partial charge on any atom is 0.239 e. The molecule has 3 fully saturated rings. The summed E-state index contributed by atoms with van der Waals surface area (Å²) in [5.41, 5.74) is 6.34. The number of piperidine rings is 1. The first-order valence-corrected chi connectivity index (χ1v) is 12.5. The van der Waals surface area contributed by atoms with Crippen molar-refractivity contribution in [2.45, 2.75) is 50.2 Å². The Hall–Kier alpha value is -1.69. The SMILES string of the molecule is N[C@H](Cc1cc(F)c(F)cc1F)[C@@H]1C[C@H]2CC[C@@H](C1)N2C(=O)CS(=O)(=O)N1CCOCC1. The lowest BCUT2D eigenvalue weighted by Gasteiger charge is -2.41. The number of nitrogens with zero attached hydrogens (tertiary/aromatic N) is 2. The molecular formula is C21H28F3N3O4S. The summed E-state index contributed by atoms with van der Waals surface area (Å²) in [4.78, 5) is 14.6. The predicted octanol–water partition coefficient (Wildman–Crippen LogP) is 1.41. The Bertz CT molecular complexity index is 957. The Kier molecular flexibility index (Phi) is 6.81. The lowest BCUT2D eigenvalue weighted by Crippen LogP contribution is -2.53. The molecule has 0 radical (unpaired) electrons. The average molecular weight is 476 g/mol. The number of amides is 1. The average Bonchev–Trinajstić information content (AvgIpc) is 3.02. The second kappa shape index (κ2) is 9.28. The molecular weight excluding hydrogens is 447 g/mol. The molecule has 0 aliphatic carbocycles. The van der Waals surface area contributed by atoms with Crippen LogP contribution in [0.4, 0.5) is 13.2 Å². The van der Waals surface area contributed by atoms with E-state index < -0.39 is 45.2 Å². The lowest BCUT2D eigenvalue weighted by molar-refractivity contribution is -0.133. The fourth-order valence-electron chi connectivity index (χ4n) is 5.26. The zero-order valence-electron chi connectivity index (χ0n) is 17.7. The van der Waals surface area contributed by atoms with E-state index in [-0.39, 0.29) is 43.1 Å². The molecule has 1 aromatic rings. The normalized spacial score (nSPS) is 27.5. The quantitative estimate of drug-likeness (QED) is 0.628. The minimum absolute atomic E-state index is 0.0267. The van der Waals surface area contributed by atoms with Crippen molar-refractivity contribution < 1.29 is 31.1 Å². The minimum Gasteiger partial charge on any atom is -0.379 e. The summed E-state index contributed by atoms with van der Waals surface area (Å²) in [6, 6.07) is 0.650. The number of sulfonamides is 1. The van der Waals surface area contributed by atoms with E-state index in [1.807, 2.05) is 0 Å². The first-order valence-electron chi connectivity index (χ1n) is 10.9. The van der Waals surface area contributed by atoms with E-state index in [9.17, 15) is 26.4 Å². The van der Waals surface area contributed by atoms with Gasteiger partial charge in [-0.25, -0.2) is 21.6 Å². The van der Waals surface area contributed by atoms with E-state index in [1.165, 1.54) is 4.31 Å². The van der Waals surface area contributed by atoms with E-state index in [0.717, 1.165) is 18.9 Å². The highest BCUT2D eigenvalue weighted by atomic mass is 32.2. The number of carbonyl (C=O) groups is 1. The number of halogens is 3. The summed E-state index contributed by atoms with van der Waals surface area (Å²) in [6.45, 7) is 1.14. The Labute approximate surface area is 185 Å². The van der Waals surface area contributed by atoms with Gasteiger partial charge in [0.2, 0.25) is 15.9 Å². The molecule has 0 saturated carbocycles. The number of fused-ring (bicyclic) bond motifs is 2. The van der Waals surface area contributed by atoms with Crippen LogP contribution >= 0.6 is 0 Å². The number of rotatable bonds is 6. The zero-order valence-corrected chi connectivity index (χ0v) is 18.5. The van der Waals surface area contributed by atoms with Crippen LogP contribution in [0.2, 0.25) is 0 Å². The molecule has 7 nitrogen and oxygen atoms in total. The third-order valence-corrected chi connectivity index (χ3v) is 8.64. The number of morpholine rings is 1. The maximum absolute atomic E-state index is 14.0. The van der Waals surface area contributed by atoms with Crippen LogP contribution in [0.3, 0.4) is 0 Å². The van der Waals surface area contributed by atoms with Gasteiger partial charge in [-0.15, -0.1) is 0 Å². The molecule has 3 aliphatic heterocycles. The number of nitrogens with two attached hydrogens (primary N) is 1. The van der Waals surface area contributed by atoms with Crippen molar-refractivity contribution in [1.82, 2.24) is 9.21 Å². The van der Waals surface area contributed by atoms with E-state index in [0.29, 0.717) is 32.1 Å². The molecule has 0 spiro atoms. The molecule has 32 heavy (non-hydrogen) atoms. The molecule has 0 unspecified atom stereocenters. The number of carbonyl (C=O) groups excluding carboxylic acids is 1. The molecule has 3 heterocycles. The van der Waals surface area contributed by atoms with Gasteiger partial charge < -0.3 is 15.4 Å². The van der Waals surface area contributed by atoms with Crippen molar-refractivity contribution >= 4 is 15.9 Å². The standard InChI is InChI=1S/C21H28F3N3O4S/c22-17-11-19(24)18(23)9-13(17)10-20(25)14-7-15-1-2-16(8-14)27(15)21(28)12-32(29,30)26-3-5-31-6-4-26/h9,11,14-16,20H,1-8,10,12,25H2/t14-,15-,16+,20-/m1/s1. The van der Waals surface area contributed by atoms with Crippen molar-refractivity contribution in [3.05, 3.63) is 35.1 Å². The highest BCUT2D eigenvalue weighted by molar-refractivity contribution is 7.89. The summed E-state index contributed by atoms with van der Waals surface area (Å²) in [7, 11) is -3.70. The van der Waals surface area contributed by atoms with Crippen LogP contribution in [-0.2, 0) is 26.0 Å². The largest absolute Gasteiger partial charge is 0.379 e. The molecule has 3 aliphatic rings. The molecule has 0 aromatic heterocycles. The highest BCUT2D eigenvalue weighted by Crippen LogP contribution is 2.40. The van der Waals surface area contributed by atoms with Crippen LogP contribution in [0, 0.1) is 23.4 Å². The number of benzene rings is 1. The van der Waals surface area contributed by atoms with E-state index in [4.69, 9.17) is 10.5 Å². The summed E-state index contributed by atoms with van der Waals surface area (Å²) >= 11 is 0. The molecule has 1 aromatic carbocycles. The number of hydrogen-bond donors (Lipinski definition) is 1. The van der Waals surface area contributed by atoms with Crippen LogP contribution in [0.1, 0.15) is 31.2 Å². The monoisotopic (exact) mass is 475 g/mol. The van der Waals surface area contributed by atoms with E-state index in [1.54, 1.807) is 4.90 Å². The van der Waals surface area contributed by atoms with Crippen molar-refractivity contribution in [3.8, 4) is 0 Å². The van der Waals surface area contributed by atoms with Crippen LogP contribution < -0.4 is 5.73 Å². The van der Waals surface area contributed by atoms with Gasteiger partial charge in [-0.05, 0) is 49.7 Å². The lowest BCUT2D eigenvalue weighted by atomic mass is 9.82. The third kappa shape index (κ3) is 4.80. The summed E-state index contributed by atoms with van der Waals surface area (Å²) in [5.74, 6) is -4.17. The van der Waals surface area contributed by atoms with Crippen LogP contribution in [0.5, 0.6) is 0 Å². The Morgan fingerprint density at radius 3 is 2.28 bits per heavy atom. The number of hydrogen-bond acceptors (Lipinski definition) is 5. The molecule has 2 bridgehead atoms. The molecule has 4 atom stereocenters. The first-order chi connectivity index (χ1) is 15.2. The van der Waals surface area contributed by atoms with Crippen molar-refractivity contribution in [2.75, 3.05) is 32.1 Å². The Balaban J connectivity index is 1.39. The van der Waals surface area contributed by atoms with Gasteiger partial charge in [-0.1, -0.05) is 0 Å². The first kappa shape index (κ1) is 23.5. The van der Waals surface area contributed by atoms with E-state index >= 15 is 0 Å². The Morgan fingerprint density at radius 2 is 1.66 bits per heavy atom. The minimum atomic E-state index is -3.70. The maximum atomic E-state index is 14.0. The van der Waals surface area contributed by atoms with Crippen molar-refractivity contribution in [2.24, 2.45) is 11.7 Å². The molecule has 1 amide bonds.